The monoisotopic (exact) mass is 306 g/mol. The van der Waals surface area contributed by atoms with Gasteiger partial charge in [-0.05, 0) is 42.0 Å². The second kappa shape index (κ2) is 5.26. The molecule has 1 aromatic heterocycles. The molecule has 0 spiro atoms. The van der Waals surface area contributed by atoms with Crippen LogP contribution in [0.2, 0.25) is 0 Å². The lowest BCUT2D eigenvalue weighted by molar-refractivity contribution is 0.103. The number of hydrogen-bond acceptors (Lipinski definition) is 4. The Kier molecular flexibility index (Phi) is 3.46. The molecule has 0 N–H and O–H groups in total. The minimum Gasteiger partial charge on any atom is -0.289 e. The van der Waals surface area contributed by atoms with Crippen LogP contribution in [-0.2, 0) is 5.88 Å². The van der Waals surface area contributed by atoms with E-state index in [0.717, 1.165) is 17.2 Å². The molecule has 0 fully saturated rings. The van der Waals surface area contributed by atoms with E-state index in [-0.39, 0.29) is 17.5 Å². The summed E-state index contributed by atoms with van der Waals surface area (Å²) in [5.41, 5.74) is 2.98. The topological polar surface area (TPSA) is 42.9 Å². The molecule has 0 radical (unpaired) electrons. The van der Waals surface area contributed by atoms with Crippen LogP contribution in [-0.4, -0.2) is 14.5 Å². The van der Waals surface area contributed by atoms with Crippen LogP contribution in [0.3, 0.4) is 0 Å². The van der Waals surface area contributed by atoms with Crippen molar-refractivity contribution in [2.45, 2.75) is 5.88 Å². The number of alkyl halides is 1. The highest BCUT2D eigenvalue weighted by Crippen LogP contribution is 2.23. The molecule has 0 aliphatic heterocycles. The van der Waals surface area contributed by atoms with Crippen molar-refractivity contribution in [2.24, 2.45) is 0 Å². The first-order valence-corrected chi connectivity index (χ1v) is 7.07. The summed E-state index contributed by atoms with van der Waals surface area (Å²) in [5.74, 6) is -0.371. The summed E-state index contributed by atoms with van der Waals surface area (Å²) in [6.45, 7) is 0. The number of rotatable bonds is 3. The van der Waals surface area contributed by atoms with Gasteiger partial charge in [-0.3, -0.25) is 4.79 Å². The van der Waals surface area contributed by atoms with Gasteiger partial charge in [0.15, 0.2) is 5.78 Å². The summed E-state index contributed by atoms with van der Waals surface area (Å²) >= 11 is 6.99. The van der Waals surface area contributed by atoms with E-state index in [9.17, 15) is 9.18 Å². The Hall–Kier alpha value is -1.85. The number of ketones is 1. The number of carbonyl (C=O) groups excluding carboxylic acids is 1. The number of nitrogens with zero attached hydrogens (tertiary/aromatic N) is 2. The van der Waals surface area contributed by atoms with Crippen LogP contribution in [0.15, 0.2) is 36.4 Å². The Bertz CT molecular complexity index is 785. The molecule has 6 heteroatoms. The Morgan fingerprint density at radius 1 is 1.15 bits per heavy atom. The van der Waals surface area contributed by atoms with Crippen LogP contribution in [0.4, 0.5) is 4.39 Å². The molecule has 3 aromatic rings. The Morgan fingerprint density at radius 2 is 1.80 bits per heavy atom. The molecule has 0 saturated heterocycles. The van der Waals surface area contributed by atoms with Crippen LogP contribution in [0, 0.1) is 5.82 Å². The van der Waals surface area contributed by atoms with Crippen LogP contribution in [0.25, 0.3) is 11.0 Å². The van der Waals surface area contributed by atoms with E-state index in [2.05, 4.69) is 8.75 Å². The molecular weight excluding hydrogens is 299 g/mol. The Labute approximate surface area is 123 Å². The zero-order valence-electron chi connectivity index (χ0n) is 10.1. The van der Waals surface area contributed by atoms with Gasteiger partial charge in [-0.2, -0.15) is 8.75 Å². The van der Waals surface area contributed by atoms with Crippen LogP contribution < -0.4 is 0 Å². The van der Waals surface area contributed by atoms with E-state index >= 15 is 0 Å². The van der Waals surface area contributed by atoms with Gasteiger partial charge in [0.25, 0.3) is 0 Å². The third-order valence-corrected chi connectivity index (χ3v) is 3.82. The van der Waals surface area contributed by atoms with Crippen molar-refractivity contribution in [1.29, 1.82) is 0 Å². The van der Waals surface area contributed by atoms with Gasteiger partial charge in [-0.1, -0.05) is 0 Å². The first kappa shape index (κ1) is 13.1. The lowest BCUT2D eigenvalue weighted by Crippen LogP contribution is -2.05. The number of hydrogen-bond donors (Lipinski definition) is 0. The zero-order valence-corrected chi connectivity index (χ0v) is 11.7. The molecule has 20 heavy (non-hydrogen) atoms. The lowest BCUT2D eigenvalue weighted by Gasteiger charge is -2.06. The SMILES string of the molecule is O=C(c1ccc(F)cc1)c1cc2nsnc2cc1CCl. The molecule has 0 bridgehead atoms. The maximum absolute atomic E-state index is 12.9. The minimum atomic E-state index is -0.377. The lowest BCUT2D eigenvalue weighted by atomic mass is 9.98. The number of benzene rings is 2. The molecule has 100 valence electrons. The summed E-state index contributed by atoms with van der Waals surface area (Å²) < 4.78 is 21.2. The van der Waals surface area contributed by atoms with Crippen molar-refractivity contribution in [3.05, 3.63) is 58.9 Å². The normalized spacial score (nSPS) is 10.9. The molecule has 1 heterocycles. The van der Waals surface area contributed by atoms with Gasteiger partial charge in [0.2, 0.25) is 0 Å². The second-order valence-electron chi connectivity index (χ2n) is 4.23. The average molecular weight is 307 g/mol. The largest absolute Gasteiger partial charge is 0.289 e. The third-order valence-electron chi connectivity index (χ3n) is 2.97. The van der Waals surface area contributed by atoms with Gasteiger partial charge < -0.3 is 0 Å². The van der Waals surface area contributed by atoms with Crippen molar-refractivity contribution in [3.63, 3.8) is 0 Å². The molecule has 2 aromatic carbocycles. The van der Waals surface area contributed by atoms with E-state index in [4.69, 9.17) is 11.6 Å². The van der Waals surface area contributed by atoms with E-state index in [1.165, 1.54) is 24.3 Å². The number of fused-ring (bicyclic) bond motifs is 1. The molecular formula is C14H8ClFN2OS. The number of carbonyl (C=O) groups is 1. The Morgan fingerprint density at radius 3 is 2.45 bits per heavy atom. The van der Waals surface area contributed by atoms with Gasteiger partial charge in [0, 0.05) is 17.0 Å². The van der Waals surface area contributed by atoms with Gasteiger partial charge in [0.1, 0.15) is 16.9 Å². The maximum Gasteiger partial charge on any atom is 0.193 e. The quantitative estimate of drug-likeness (QED) is 0.546. The molecule has 3 nitrogen and oxygen atoms in total. The molecule has 0 aliphatic rings. The molecule has 0 aliphatic carbocycles. The second-order valence-corrected chi connectivity index (χ2v) is 5.03. The summed E-state index contributed by atoms with van der Waals surface area (Å²) in [7, 11) is 0. The van der Waals surface area contributed by atoms with Crippen molar-refractivity contribution < 1.29 is 9.18 Å². The smallest absolute Gasteiger partial charge is 0.193 e. The highest BCUT2D eigenvalue weighted by atomic mass is 35.5. The standard InChI is InChI=1S/C14H8ClFN2OS/c15-7-9-5-12-13(18-20-17-12)6-11(9)14(19)8-1-3-10(16)4-2-8/h1-6H,7H2. The Balaban J connectivity index is 2.12. The van der Waals surface area contributed by atoms with E-state index in [1.54, 1.807) is 12.1 Å². The van der Waals surface area contributed by atoms with Crippen LogP contribution >= 0.6 is 23.3 Å². The zero-order chi connectivity index (χ0) is 14.1. The van der Waals surface area contributed by atoms with Gasteiger partial charge in [-0.15, -0.1) is 11.6 Å². The van der Waals surface area contributed by atoms with Crippen molar-refractivity contribution in [1.82, 2.24) is 8.75 Å². The fraction of sp³-hybridized carbons (Fsp3) is 0.0714. The van der Waals surface area contributed by atoms with E-state index < -0.39 is 0 Å². The average Bonchev–Trinajstić information content (AvgIpc) is 2.93. The number of aromatic nitrogens is 2. The van der Waals surface area contributed by atoms with Crippen molar-refractivity contribution in [2.75, 3.05) is 0 Å². The summed E-state index contributed by atoms with van der Waals surface area (Å²) in [4.78, 5) is 12.5. The molecule has 0 atom stereocenters. The van der Waals surface area contributed by atoms with Crippen LogP contribution in [0.5, 0.6) is 0 Å². The van der Waals surface area contributed by atoms with E-state index in [0.29, 0.717) is 22.2 Å². The highest BCUT2D eigenvalue weighted by Gasteiger charge is 2.16. The predicted molar refractivity (Wildman–Crippen MR) is 76.8 cm³/mol. The first-order chi connectivity index (χ1) is 9.69. The summed E-state index contributed by atoms with van der Waals surface area (Å²) in [5, 5.41) is 0. The molecule has 0 unspecified atom stereocenters. The minimum absolute atomic E-state index is 0.199. The van der Waals surface area contributed by atoms with Gasteiger partial charge in [0.05, 0.1) is 11.7 Å². The fourth-order valence-corrected chi connectivity index (χ4v) is 2.68. The van der Waals surface area contributed by atoms with Crippen molar-refractivity contribution >= 4 is 40.1 Å². The van der Waals surface area contributed by atoms with Gasteiger partial charge >= 0.3 is 0 Å². The van der Waals surface area contributed by atoms with E-state index in [1.807, 2.05) is 0 Å². The summed E-state index contributed by atoms with van der Waals surface area (Å²) in [6, 6.07) is 8.89. The molecule has 3 rings (SSSR count). The third kappa shape index (κ3) is 2.30. The van der Waals surface area contributed by atoms with Crippen LogP contribution in [0.1, 0.15) is 21.5 Å². The fourth-order valence-electron chi connectivity index (χ4n) is 1.95. The molecule has 0 saturated carbocycles. The predicted octanol–water partition coefficient (Wildman–Crippen LogP) is 3.80. The summed E-state index contributed by atoms with van der Waals surface area (Å²) in [6.07, 6.45) is 0. The number of halogens is 2. The highest BCUT2D eigenvalue weighted by molar-refractivity contribution is 7.00. The van der Waals surface area contributed by atoms with Crippen molar-refractivity contribution in [3.8, 4) is 0 Å². The first-order valence-electron chi connectivity index (χ1n) is 5.80. The van der Waals surface area contributed by atoms with Gasteiger partial charge in [-0.25, -0.2) is 4.39 Å². The molecule has 0 amide bonds. The maximum atomic E-state index is 12.9.